The molecule has 258 valence electrons. The molecule has 0 aliphatic carbocycles. The lowest BCUT2D eigenvalue weighted by Crippen LogP contribution is -2.18. The molecule has 51 heavy (non-hydrogen) atoms. The van der Waals surface area contributed by atoms with E-state index in [9.17, 15) is 9.59 Å². The Balaban J connectivity index is 0.00000583. The summed E-state index contributed by atoms with van der Waals surface area (Å²) in [6, 6.07) is 34.4. The number of amides is 2. The van der Waals surface area contributed by atoms with Gasteiger partial charge in [-0.1, -0.05) is 0 Å². The highest BCUT2D eigenvalue weighted by Crippen LogP contribution is 2.17. The molecule has 2 amide bonds. The maximum absolute atomic E-state index is 12.9. The molecule has 5 aromatic carbocycles. The van der Waals surface area contributed by atoms with Crippen LogP contribution in [0.1, 0.15) is 43.0 Å². The fourth-order valence-electron chi connectivity index (χ4n) is 4.78. The quantitative estimate of drug-likeness (QED) is 0.0576. The Kier molecular flexibility index (Phi) is 12.4. The van der Waals surface area contributed by atoms with Gasteiger partial charge in [-0.15, -0.1) is 12.4 Å². The van der Waals surface area contributed by atoms with E-state index in [0.717, 1.165) is 11.1 Å². The van der Waals surface area contributed by atoms with Crippen LogP contribution in [-0.2, 0) is 0 Å². The molecular weight excluding hydrogens is 664 g/mol. The summed E-state index contributed by atoms with van der Waals surface area (Å²) in [7, 11) is 3.38. The molecule has 0 unspecified atom stereocenters. The first-order chi connectivity index (χ1) is 24.1. The molecule has 10 N–H and O–H groups in total. The Morgan fingerprint density at radius 3 is 0.824 bits per heavy atom. The highest BCUT2D eigenvalue weighted by atomic mass is 35.5. The third kappa shape index (κ3) is 9.65. The third-order valence-corrected chi connectivity index (χ3v) is 7.66. The van der Waals surface area contributed by atoms with Gasteiger partial charge in [-0.2, -0.15) is 0 Å². The van der Waals surface area contributed by atoms with E-state index in [1.54, 1.807) is 135 Å². The van der Waals surface area contributed by atoms with Crippen molar-refractivity contribution in [2.45, 2.75) is 0 Å². The van der Waals surface area contributed by atoms with Gasteiger partial charge in [0.15, 0.2) is 0 Å². The molecular formula is C38H37ClN10O2. The van der Waals surface area contributed by atoms with Gasteiger partial charge in [0.25, 0.3) is 11.8 Å². The number of carbonyl (C=O) groups is 2. The number of hydrogen-bond acceptors (Lipinski definition) is 6. The second-order valence-corrected chi connectivity index (χ2v) is 11.0. The summed E-state index contributed by atoms with van der Waals surface area (Å²) in [5.41, 5.74) is 6.03. The predicted octanol–water partition coefficient (Wildman–Crippen LogP) is 6.58. The van der Waals surface area contributed by atoms with Gasteiger partial charge in [0.1, 0.15) is 23.3 Å². The van der Waals surface area contributed by atoms with Crippen LogP contribution in [0.5, 0.6) is 0 Å². The molecule has 0 saturated carbocycles. The fraction of sp³-hybridized carbons (Fsp3) is 0.0526. The molecule has 0 atom stereocenters. The molecule has 13 heteroatoms. The van der Waals surface area contributed by atoms with E-state index in [1.807, 2.05) is 0 Å². The van der Waals surface area contributed by atoms with Crippen LogP contribution in [0.25, 0.3) is 0 Å². The molecule has 5 rings (SSSR count). The van der Waals surface area contributed by atoms with E-state index in [2.05, 4.69) is 31.9 Å². The number of nitrogens with one attached hydrogen (secondary N) is 10. The van der Waals surface area contributed by atoms with Crippen LogP contribution in [0.4, 0.5) is 22.7 Å². The van der Waals surface area contributed by atoms with Crippen molar-refractivity contribution in [3.8, 4) is 0 Å². The first kappa shape index (κ1) is 37.0. The zero-order valence-electron chi connectivity index (χ0n) is 27.8. The third-order valence-electron chi connectivity index (χ3n) is 7.66. The van der Waals surface area contributed by atoms with Crippen LogP contribution in [0, 0.1) is 21.6 Å². The lowest BCUT2D eigenvalue weighted by Gasteiger charge is -2.11. The van der Waals surface area contributed by atoms with Crippen LogP contribution in [0.15, 0.2) is 121 Å². The lowest BCUT2D eigenvalue weighted by atomic mass is 10.1. The molecule has 12 nitrogen and oxygen atoms in total. The van der Waals surface area contributed by atoms with Crippen LogP contribution in [0.2, 0.25) is 0 Å². The number of halogens is 1. The molecule has 0 spiro atoms. The lowest BCUT2D eigenvalue weighted by molar-refractivity contribution is 0.101. The van der Waals surface area contributed by atoms with Crippen molar-refractivity contribution in [3.63, 3.8) is 0 Å². The van der Waals surface area contributed by atoms with Crippen molar-refractivity contribution in [2.24, 2.45) is 0 Å². The van der Waals surface area contributed by atoms with Gasteiger partial charge in [-0.05, 0) is 121 Å². The standard InChI is InChI=1S/C38H36N10O2.ClH/c1-43-33(39)23-7-15-29(16-8-23)45-35(41)25-11-19-31(20-12-25)47-37(49)27-3-5-28(6-4-27)38(50)48-32-21-13-26(14-22-32)36(42)46-30-17-9-24(10-18-30)34(40)44-2;/h3-22H,1-2H3,(H2,39,43)(H2,40,44)(H2,41,45)(H2,42,46)(H,47,49)(H,48,50);1H. The maximum atomic E-state index is 12.9. The van der Waals surface area contributed by atoms with Crippen LogP contribution in [-0.4, -0.2) is 49.3 Å². The molecule has 0 heterocycles. The number of amidine groups is 4. The summed E-state index contributed by atoms with van der Waals surface area (Å²) < 4.78 is 0. The second-order valence-electron chi connectivity index (χ2n) is 11.0. The molecule has 0 aliphatic rings. The first-order valence-electron chi connectivity index (χ1n) is 15.5. The van der Waals surface area contributed by atoms with Gasteiger partial charge in [0.2, 0.25) is 0 Å². The maximum Gasteiger partial charge on any atom is 0.255 e. The van der Waals surface area contributed by atoms with Crippen molar-refractivity contribution in [1.29, 1.82) is 21.6 Å². The number of hydrogen-bond donors (Lipinski definition) is 10. The first-order valence-corrected chi connectivity index (χ1v) is 15.5. The SMILES string of the molecule is CNC(=N)c1ccc(NC(=N)c2ccc(NC(=O)c3ccc(C(=O)Nc4ccc(C(=N)Nc5ccc(C(=N)NC)cc5)cc4)cc3)cc2)cc1.Cl. The Morgan fingerprint density at radius 1 is 0.353 bits per heavy atom. The summed E-state index contributed by atoms with van der Waals surface area (Å²) in [6.45, 7) is 0. The highest BCUT2D eigenvalue weighted by molar-refractivity contribution is 6.10. The molecule has 0 saturated heterocycles. The van der Waals surface area contributed by atoms with Gasteiger partial charge in [0.05, 0.1) is 0 Å². The summed E-state index contributed by atoms with van der Waals surface area (Å²) >= 11 is 0. The zero-order chi connectivity index (χ0) is 35.6. The van der Waals surface area contributed by atoms with E-state index < -0.39 is 0 Å². The molecule has 0 aliphatic heterocycles. The normalized spacial score (nSPS) is 10.1. The van der Waals surface area contributed by atoms with Crippen LogP contribution in [0.3, 0.4) is 0 Å². The summed E-state index contributed by atoms with van der Waals surface area (Å²) in [5, 5.41) is 49.8. The Hall–Kier alpha value is -6.79. The average Bonchev–Trinajstić information content (AvgIpc) is 3.15. The summed E-state index contributed by atoms with van der Waals surface area (Å²) in [5.74, 6) is 0.309. The van der Waals surface area contributed by atoms with Gasteiger partial charge < -0.3 is 31.9 Å². The van der Waals surface area contributed by atoms with Gasteiger partial charge in [0, 0.05) is 70.2 Å². The van der Waals surface area contributed by atoms with Gasteiger partial charge in [-0.3, -0.25) is 31.2 Å². The van der Waals surface area contributed by atoms with Crippen molar-refractivity contribution in [3.05, 3.63) is 155 Å². The predicted molar refractivity (Wildman–Crippen MR) is 208 cm³/mol. The van der Waals surface area contributed by atoms with Crippen molar-refractivity contribution < 1.29 is 9.59 Å². The molecule has 0 bridgehead atoms. The van der Waals surface area contributed by atoms with E-state index >= 15 is 0 Å². The Bertz CT molecular complexity index is 1900. The highest BCUT2D eigenvalue weighted by Gasteiger charge is 2.12. The summed E-state index contributed by atoms with van der Waals surface area (Å²) in [4.78, 5) is 25.8. The molecule has 0 fully saturated rings. The number of carbonyl (C=O) groups excluding carboxylic acids is 2. The largest absolute Gasteiger partial charge is 0.373 e. The average molecular weight is 701 g/mol. The van der Waals surface area contributed by atoms with E-state index in [-0.39, 0.29) is 35.9 Å². The second kappa shape index (κ2) is 17.0. The van der Waals surface area contributed by atoms with Crippen molar-refractivity contribution in [1.82, 2.24) is 10.6 Å². The number of anilines is 4. The van der Waals surface area contributed by atoms with Gasteiger partial charge in [-0.25, -0.2) is 0 Å². The number of rotatable bonds is 10. The van der Waals surface area contributed by atoms with Crippen LogP contribution >= 0.6 is 12.4 Å². The van der Waals surface area contributed by atoms with Crippen molar-refractivity contribution in [2.75, 3.05) is 35.4 Å². The van der Waals surface area contributed by atoms with E-state index in [1.165, 1.54) is 0 Å². The molecule has 0 radical (unpaired) electrons. The molecule has 5 aromatic rings. The minimum absolute atomic E-state index is 0. The fourth-order valence-corrected chi connectivity index (χ4v) is 4.78. The van der Waals surface area contributed by atoms with E-state index in [0.29, 0.717) is 56.7 Å². The number of benzene rings is 5. The van der Waals surface area contributed by atoms with Crippen molar-refractivity contribution >= 4 is 70.3 Å². The summed E-state index contributed by atoms with van der Waals surface area (Å²) in [6.07, 6.45) is 0. The minimum atomic E-state index is -0.342. The zero-order valence-corrected chi connectivity index (χ0v) is 28.6. The van der Waals surface area contributed by atoms with Gasteiger partial charge >= 0.3 is 0 Å². The monoisotopic (exact) mass is 700 g/mol. The topological polar surface area (TPSA) is 202 Å². The Morgan fingerprint density at radius 2 is 0.569 bits per heavy atom. The minimum Gasteiger partial charge on any atom is -0.373 e. The van der Waals surface area contributed by atoms with Crippen LogP contribution < -0.4 is 31.9 Å². The molecule has 0 aromatic heterocycles. The smallest absolute Gasteiger partial charge is 0.255 e. The Labute approximate surface area is 301 Å². The van der Waals surface area contributed by atoms with E-state index in [4.69, 9.17) is 21.6 Å².